The fourth-order valence-electron chi connectivity index (χ4n) is 2.59. The fraction of sp³-hybridized carbons (Fsp3) is 0.571. The van der Waals surface area contributed by atoms with Gasteiger partial charge < -0.3 is 5.32 Å². The van der Waals surface area contributed by atoms with E-state index in [1.54, 1.807) is 12.3 Å². The van der Waals surface area contributed by atoms with Gasteiger partial charge >= 0.3 is 0 Å². The number of aromatic nitrogens is 1. The Labute approximate surface area is 113 Å². The molecule has 4 heteroatoms. The average molecular weight is 264 g/mol. The van der Waals surface area contributed by atoms with E-state index in [2.05, 4.69) is 30.2 Å². The van der Waals surface area contributed by atoms with Gasteiger partial charge in [-0.05, 0) is 24.3 Å². The standard InChI is InChI=1S/C14H18ClN3/c1-9-4-3-5-12(10(9)2)18-14-13(15)11(8-16)6-7-17-14/h6-7,9-10,12H,3-5H2,1-2H3,(H,17,18). The first-order valence-electron chi connectivity index (χ1n) is 6.44. The molecule has 0 aliphatic heterocycles. The molecule has 1 fully saturated rings. The second-order valence-electron chi connectivity index (χ2n) is 5.15. The molecule has 1 saturated carbocycles. The minimum absolute atomic E-state index is 0.396. The first kappa shape index (κ1) is 13.2. The summed E-state index contributed by atoms with van der Waals surface area (Å²) in [5.41, 5.74) is 0.477. The first-order chi connectivity index (χ1) is 8.63. The van der Waals surface area contributed by atoms with Gasteiger partial charge in [0.05, 0.1) is 5.56 Å². The molecule has 1 aromatic heterocycles. The lowest BCUT2D eigenvalue weighted by molar-refractivity contribution is 0.253. The van der Waals surface area contributed by atoms with E-state index in [1.807, 2.05) is 0 Å². The van der Waals surface area contributed by atoms with Gasteiger partial charge in [-0.1, -0.05) is 38.3 Å². The number of nitrogens with zero attached hydrogens (tertiary/aromatic N) is 2. The van der Waals surface area contributed by atoms with Gasteiger partial charge in [0, 0.05) is 12.2 Å². The molecular weight excluding hydrogens is 246 g/mol. The van der Waals surface area contributed by atoms with Crippen LogP contribution in [0.3, 0.4) is 0 Å². The minimum Gasteiger partial charge on any atom is -0.366 e. The van der Waals surface area contributed by atoms with Crippen molar-refractivity contribution < 1.29 is 0 Å². The zero-order valence-corrected chi connectivity index (χ0v) is 11.5. The summed E-state index contributed by atoms with van der Waals surface area (Å²) in [6.45, 7) is 4.56. The summed E-state index contributed by atoms with van der Waals surface area (Å²) in [5.74, 6) is 1.96. The van der Waals surface area contributed by atoms with Crippen LogP contribution in [0, 0.1) is 23.2 Å². The van der Waals surface area contributed by atoms with Crippen LogP contribution in [0.25, 0.3) is 0 Å². The maximum Gasteiger partial charge on any atom is 0.146 e. The molecule has 1 aliphatic carbocycles. The monoisotopic (exact) mass is 263 g/mol. The molecule has 3 unspecified atom stereocenters. The predicted octanol–water partition coefficient (Wildman–Crippen LogP) is 3.84. The van der Waals surface area contributed by atoms with Crippen LogP contribution in [0.2, 0.25) is 5.02 Å². The molecule has 1 aliphatic rings. The third kappa shape index (κ3) is 2.59. The molecule has 2 rings (SSSR count). The van der Waals surface area contributed by atoms with E-state index >= 15 is 0 Å². The lowest BCUT2D eigenvalue weighted by Gasteiger charge is -2.35. The Bertz CT molecular complexity index is 467. The van der Waals surface area contributed by atoms with Crippen molar-refractivity contribution in [2.45, 2.75) is 39.2 Å². The molecule has 3 nitrogen and oxygen atoms in total. The average Bonchev–Trinajstić information content (AvgIpc) is 2.37. The van der Waals surface area contributed by atoms with E-state index in [0.717, 1.165) is 6.42 Å². The predicted molar refractivity (Wildman–Crippen MR) is 73.6 cm³/mol. The molecule has 1 N–H and O–H groups in total. The molecule has 0 saturated heterocycles. The lowest BCUT2D eigenvalue weighted by atomic mass is 9.78. The Hall–Kier alpha value is -1.27. The summed E-state index contributed by atoms with van der Waals surface area (Å²) in [4.78, 5) is 4.25. The summed E-state index contributed by atoms with van der Waals surface area (Å²) in [6.07, 6.45) is 5.29. The molecule has 3 atom stereocenters. The number of nitriles is 1. The Balaban J connectivity index is 2.17. The van der Waals surface area contributed by atoms with Crippen LogP contribution in [-0.4, -0.2) is 11.0 Å². The van der Waals surface area contributed by atoms with Gasteiger partial charge in [0.2, 0.25) is 0 Å². The van der Waals surface area contributed by atoms with Crippen LogP contribution in [-0.2, 0) is 0 Å². The van der Waals surface area contributed by atoms with Crippen molar-refractivity contribution in [3.05, 3.63) is 22.8 Å². The summed E-state index contributed by atoms with van der Waals surface area (Å²) < 4.78 is 0. The Kier molecular flexibility index (Phi) is 4.08. The highest BCUT2D eigenvalue weighted by molar-refractivity contribution is 6.34. The topological polar surface area (TPSA) is 48.7 Å². The SMILES string of the molecule is CC1CCCC(Nc2nccc(C#N)c2Cl)C1C. The summed E-state index contributed by atoms with van der Waals surface area (Å²) in [6, 6.07) is 4.12. The Morgan fingerprint density at radius 2 is 2.22 bits per heavy atom. The van der Waals surface area contributed by atoms with Crippen LogP contribution in [0.1, 0.15) is 38.7 Å². The second-order valence-corrected chi connectivity index (χ2v) is 5.53. The number of nitrogens with one attached hydrogen (secondary N) is 1. The van der Waals surface area contributed by atoms with Gasteiger partial charge in [0.15, 0.2) is 0 Å². The second kappa shape index (κ2) is 5.58. The highest BCUT2D eigenvalue weighted by Gasteiger charge is 2.27. The molecule has 0 bridgehead atoms. The molecule has 1 heterocycles. The van der Waals surface area contributed by atoms with Crippen molar-refractivity contribution in [1.29, 1.82) is 5.26 Å². The van der Waals surface area contributed by atoms with Crippen LogP contribution < -0.4 is 5.32 Å². The van der Waals surface area contributed by atoms with Gasteiger partial charge in [0.25, 0.3) is 0 Å². The number of hydrogen-bond donors (Lipinski definition) is 1. The van der Waals surface area contributed by atoms with Crippen molar-refractivity contribution in [3.63, 3.8) is 0 Å². The smallest absolute Gasteiger partial charge is 0.146 e. The van der Waals surface area contributed by atoms with Crippen LogP contribution >= 0.6 is 11.6 Å². The number of rotatable bonds is 2. The molecule has 0 spiro atoms. The van der Waals surface area contributed by atoms with Crippen molar-refractivity contribution in [3.8, 4) is 6.07 Å². The molecule has 0 amide bonds. The van der Waals surface area contributed by atoms with Crippen LogP contribution in [0.5, 0.6) is 0 Å². The highest BCUT2D eigenvalue weighted by Crippen LogP contribution is 2.33. The normalized spacial score (nSPS) is 27.6. The minimum atomic E-state index is 0.396. The number of hydrogen-bond acceptors (Lipinski definition) is 3. The molecule has 1 aromatic rings. The number of anilines is 1. The zero-order chi connectivity index (χ0) is 13.1. The highest BCUT2D eigenvalue weighted by atomic mass is 35.5. The molecule has 0 radical (unpaired) electrons. The van der Waals surface area contributed by atoms with Gasteiger partial charge in [-0.3, -0.25) is 0 Å². The van der Waals surface area contributed by atoms with Crippen molar-refractivity contribution >= 4 is 17.4 Å². The Morgan fingerprint density at radius 3 is 2.94 bits per heavy atom. The molecular formula is C14H18ClN3. The zero-order valence-electron chi connectivity index (χ0n) is 10.8. The maximum absolute atomic E-state index is 8.95. The fourth-order valence-corrected chi connectivity index (χ4v) is 2.80. The van der Waals surface area contributed by atoms with E-state index in [-0.39, 0.29) is 0 Å². The third-order valence-corrected chi connectivity index (χ3v) is 4.42. The molecule has 0 aromatic carbocycles. The van der Waals surface area contributed by atoms with Gasteiger partial charge in [-0.15, -0.1) is 0 Å². The van der Waals surface area contributed by atoms with E-state index in [9.17, 15) is 0 Å². The van der Waals surface area contributed by atoms with Crippen molar-refractivity contribution in [2.24, 2.45) is 11.8 Å². The quantitative estimate of drug-likeness (QED) is 0.882. The first-order valence-corrected chi connectivity index (χ1v) is 6.82. The van der Waals surface area contributed by atoms with E-state index in [1.165, 1.54) is 12.8 Å². The third-order valence-electron chi connectivity index (χ3n) is 4.04. The summed E-state index contributed by atoms with van der Waals surface area (Å²) in [5, 5.41) is 12.8. The van der Waals surface area contributed by atoms with Crippen molar-refractivity contribution in [1.82, 2.24) is 4.98 Å². The maximum atomic E-state index is 8.95. The summed E-state index contributed by atoms with van der Waals surface area (Å²) in [7, 11) is 0. The molecule has 96 valence electrons. The Morgan fingerprint density at radius 1 is 1.44 bits per heavy atom. The van der Waals surface area contributed by atoms with Crippen molar-refractivity contribution in [2.75, 3.05) is 5.32 Å². The van der Waals surface area contributed by atoms with E-state index in [0.29, 0.717) is 34.3 Å². The number of halogens is 1. The van der Waals surface area contributed by atoms with Gasteiger partial charge in [-0.25, -0.2) is 4.98 Å². The number of pyridine rings is 1. The summed E-state index contributed by atoms with van der Waals surface area (Å²) >= 11 is 6.16. The van der Waals surface area contributed by atoms with E-state index < -0.39 is 0 Å². The van der Waals surface area contributed by atoms with Gasteiger partial charge in [-0.2, -0.15) is 5.26 Å². The van der Waals surface area contributed by atoms with E-state index in [4.69, 9.17) is 16.9 Å². The molecule has 18 heavy (non-hydrogen) atoms. The van der Waals surface area contributed by atoms with Crippen LogP contribution in [0.4, 0.5) is 5.82 Å². The largest absolute Gasteiger partial charge is 0.366 e. The lowest BCUT2D eigenvalue weighted by Crippen LogP contribution is -2.35. The van der Waals surface area contributed by atoms with Gasteiger partial charge in [0.1, 0.15) is 16.9 Å². The van der Waals surface area contributed by atoms with Crippen LogP contribution in [0.15, 0.2) is 12.3 Å².